The third-order valence-corrected chi connectivity index (χ3v) is 3.39. The third-order valence-electron chi connectivity index (χ3n) is 3.39. The fourth-order valence-electron chi connectivity index (χ4n) is 2.63. The Bertz CT molecular complexity index is 333. The SMILES string of the molecule is O=C(O)CC1CC(=O)N(C2CCCC2)C1=O. The van der Waals surface area contributed by atoms with E-state index in [-0.39, 0.29) is 30.7 Å². The Morgan fingerprint density at radius 2 is 1.94 bits per heavy atom. The van der Waals surface area contributed by atoms with Gasteiger partial charge in [-0.1, -0.05) is 12.8 Å². The Morgan fingerprint density at radius 1 is 1.31 bits per heavy atom. The fraction of sp³-hybridized carbons (Fsp3) is 0.727. The van der Waals surface area contributed by atoms with Crippen LogP contribution in [0.25, 0.3) is 0 Å². The highest BCUT2D eigenvalue weighted by Crippen LogP contribution is 2.31. The van der Waals surface area contributed by atoms with Gasteiger partial charge in [0.25, 0.3) is 0 Å². The standard InChI is InChI=1S/C11H15NO4/c13-9-5-7(6-10(14)15)11(16)12(9)8-3-1-2-4-8/h7-8H,1-6H2,(H,14,15). The predicted molar refractivity (Wildman–Crippen MR) is 54.5 cm³/mol. The van der Waals surface area contributed by atoms with Crippen LogP contribution in [0, 0.1) is 5.92 Å². The van der Waals surface area contributed by atoms with E-state index in [1.807, 2.05) is 0 Å². The number of carboxylic acid groups (broad SMARTS) is 1. The van der Waals surface area contributed by atoms with E-state index >= 15 is 0 Å². The molecule has 2 amide bonds. The molecule has 2 rings (SSSR count). The van der Waals surface area contributed by atoms with Crippen molar-refractivity contribution >= 4 is 17.8 Å². The summed E-state index contributed by atoms with van der Waals surface area (Å²) in [5.74, 6) is -2.12. The zero-order valence-electron chi connectivity index (χ0n) is 9.02. The van der Waals surface area contributed by atoms with Crippen molar-refractivity contribution in [2.45, 2.75) is 44.6 Å². The molecule has 16 heavy (non-hydrogen) atoms. The van der Waals surface area contributed by atoms with Gasteiger partial charge in [-0.15, -0.1) is 0 Å². The molecule has 2 aliphatic rings. The zero-order chi connectivity index (χ0) is 11.7. The molecule has 0 radical (unpaired) electrons. The van der Waals surface area contributed by atoms with Crippen LogP contribution < -0.4 is 0 Å². The molecule has 1 heterocycles. The van der Waals surface area contributed by atoms with Gasteiger partial charge < -0.3 is 5.11 Å². The summed E-state index contributed by atoms with van der Waals surface area (Å²) in [7, 11) is 0. The lowest BCUT2D eigenvalue weighted by Gasteiger charge is -2.21. The highest BCUT2D eigenvalue weighted by Gasteiger charge is 2.43. The van der Waals surface area contributed by atoms with Gasteiger partial charge in [0.05, 0.1) is 12.3 Å². The molecule has 1 atom stereocenters. The summed E-state index contributed by atoms with van der Waals surface area (Å²) in [5.41, 5.74) is 0. The summed E-state index contributed by atoms with van der Waals surface area (Å²) in [6.45, 7) is 0. The maximum absolute atomic E-state index is 11.9. The van der Waals surface area contributed by atoms with Crippen molar-refractivity contribution in [1.29, 1.82) is 0 Å². The first-order valence-electron chi connectivity index (χ1n) is 5.67. The van der Waals surface area contributed by atoms with Crippen molar-refractivity contribution in [1.82, 2.24) is 4.90 Å². The van der Waals surface area contributed by atoms with Gasteiger partial charge in [-0.25, -0.2) is 0 Å². The van der Waals surface area contributed by atoms with Gasteiger partial charge in [0, 0.05) is 12.5 Å². The summed E-state index contributed by atoms with van der Waals surface area (Å²) in [5, 5.41) is 8.65. The molecule has 0 spiro atoms. The van der Waals surface area contributed by atoms with Gasteiger partial charge in [-0.2, -0.15) is 0 Å². The van der Waals surface area contributed by atoms with Crippen LogP contribution in [0.1, 0.15) is 38.5 Å². The maximum atomic E-state index is 11.9. The van der Waals surface area contributed by atoms with E-state index in [1.165, 1.54) is 4.90 Å². The topological polar surface area (TPSA) is 74.7 Å². The van der Waals surface area contributed by atoms with Crippen molar-refractivity contribution in [3.63, 3.8) is 0 Å². The van der Waals surface area contributed by atoms with Crippen molar-refractivity contribution in [2.24, 2.45) is 5.92 Å². The minimum Gasteiger partial charge on any atom is -0.481 e. The first-order chi connectivity index (χ1) is 7.59. The van der Waals surface area contributed by atoms with Gasteiger partial charge >= 0.3 is 5.97 Å². The number of likely N-dealkylation sites (tertiary alicyclic amines) is 1. The van der Waals surface area contributed by atoms with Crippen LogP contribution in [0.15, 0.2) is 0 Å². The van der Waals surface area contributed by atoms with Crippen LogP contribution in [0.5, 0.6) is 0 Å². The first-order valence-corrected chi connectivity index (χ1v) is 5.67. The molecule has 5 nitrogen and oxygen atoms in total. The summed E-state index contributed by atoms with van der Waals surface area (Å²) >= 11 is 0. The van der Waals surface area contributed by atoms with Gasteiger partial charge in [0.15, 0.2) is 0 Å². The third kappa shape index (κ3) is 1.94. The van der Waals surface area contributed by atoms with E-state index in [9.17, 15) is 14.4 Å². The highest BCUT2D eigenvalue weighted by molar-refractivity contribution is 6.04. The van der Waals surface area contributed by atoms with Crippen molar-refractivity contribution in [3.8, 4) is 0 Å². The van der Waals surface area contributed by atoms with Crippen molar-refractivity contribution in [3.05, 3.63) is 0 Å². The smallest absolute Gasteiger partial charge is 0.304 e. The number of carbonyl (C=O) groups is 3. The van der Waals surface area contributed by atoms with Crippen molar-refractivity contribution in [2.75, 3.05) is 0 Å². The van der Waals surface area contributed by atoms with Crippen LogP contribution in [-0.2, 0) is 14.4 Å². The molecule has 1 unspecified atom stereocenters. The first kappa shape index (κ1) is 11.1. The minimum absolute atomic E-state index is 0.0267. The number of carbonyl (C=O) groups excluding carboxylic acids is 2. The largest absolute Gasteiger partial charge is 0.481 e. The molecule has 0 aromatic heterocycles. The average molecular weight is 225 g/mol. The predicted octanol–water partition coefficient (Wildman–Crippen LogP) is 0.779. The number of hydrogen-bond acceptors (Lipinski definition) is 3. The van der Waals surface area contributed by atoms with E-state index in [1.54, 1.807) is 0 Å². The number of rotatable bonds is 3. The number of hydrogen-bond donors (Lipinski definition) is 1. The lowest BCUT2D eigenvalue weighted by molar-refractivity contribution is -0.145. The van der Waals surface area contributed by atoms with Crippen LogP contribution in [0.4, 0.5) is 0 Å². The van der Waals surface area contributed by atoms with Gasteiger partial charge in [0.2, 0.25) is 11.8 Å². The molecule has 1 saturated heterocycles. The Labute approximate surface area is 93.4 Å². The normalized spacial score (nSPS) is 26.8. The van der Waals surface area contributed by atoms with E-state index in [0.29, 0.717) is 0 Å². The Kier molecular flexibility index (Phi) is 2.94. The molecule has 2 fully saturated rings. The van der Waals surface area contributed by atoms with E-state index < -0.39 is 11.9 Å². The van der Waals surface area contributed by atoms with Crippen LogP contribution in [0.3, 0.4) is 0 Å². The fourth-order valence-corrected chi connectivity index (χ4v) is 2.63. The molecule has 1 saturated carbocycles. The lowest BCUT2D eigenvalue weighted by Crippen LogP contribution is -2.38. The monoisotopic (exact) mass is 225 g/mol. The van der Waals surface area contributed by atoms with E-state index in [2.05, 4.69) is 0 Å². The average Bonchev–Trinajstić information content (AvgIpc) is 2.76. The minimum atomic E-state index is -1.01. The number of amides is 2. The Morgan fingerprint density at radius 3 is 2.50 bits per heavy atom. The van der Waals surface area contributed by atoms with E-state index in [4.69, 9.17) is 5.11 Å². The molecular weight excluding hydrogens is 210 g/mol. The van der Waals surface area contributed by atoms with Gasteiger partial charge in [0.1, 0.15) is 0 Å². The summed E-state index contributed by atoms with van der Waals surface area (Å²) in [6, 6.07) is 0.0267. The maximum Gasteiger partial charge on any atom is 0.304 e. The molecule has 88 valence electrons. The van der Waals surface area contributed by atoms with Crippen molar-refractivity contribution < 1.29 is 19.5 Å². The molecule has 0 bridgehead atoms. The quantitative estimate of drug-likeness (QED) is 0.720. The van der Waals surface area contributed by atoms with Crippen LogP contribution >= 0.6 is 0 Å². The molecule has 1 aliphatic carbocycles. The van der Waals surface area contributed by atoms with Gasteiger partial charge in [-0.3, -0.25) is 19.3 Å². The second-order valence-electron chi connectivity index (χ2n) is 4.54. The summed E-state index contributed by atoms with van der Waals surface area (Å²) < 4.78 is 0. The Hall–Kier alpha value is -1.39. The van der Waals surface area contributed by atoms with Gasteiger partial charge in [-0.05, 0) is 12.8 Å². The molecular formula is C11H15NO4. The molecule has 1 N–H and O–H groups in total. The highest BCUT2D eigenvalue weighted by atomic mass is 16.4. The number of imide groups is 1. The number of nitrogens with zero attached hydrogens (tertiary/aromatic N) is 1. The Balaban J connectivity index is 2.06. The van der Waals surface area contributed by atoms with Crippen LogP contribution in [-0.4, -0.2) is 33.8 Å². The molecule has 5 heteroatoms. The lowest BCUT2D eigenvalue weighted by atomic mass is 10.0. The number of aliphatic carboxylic acids is 1. The molecule has 1 aliphatic heterocycles. The summed E-state index contributed by atoms with van der Waals surface area (Å²) in [6.07, 6.45) is 3.68. The molecule has 0 aromatic rings. The van der Waals surface area contributed by atoms with Crippen LogP contribution in [0.2, 0.25) is 0 Å². The second kappa shape index (κ2) is 4.23. The summed E-state index contributed by atoms with van der Waals surface area (Å²) in [4.78, 5) is 35.4. The zero-order valence-corrected chi connectivity index (χ0v) is 9.02. The second-order valence-corrected chi connectivity index (χ2v) is 4.54. The number of carboxylic acids is 1. The van der Waals surface area contributed by atoms with E-state index in [0.717, 1.165) is 25.7 Å². The molecule has 0 aromatic carbocycles.